The SMILES string of the molecule is CCC(C)NC(=O)CCNc1nc(C)cc(C)c1C(=O)O. The third-order valence-electron chi connectivity index (χ3n) is 3.22. The fraction of sp³-hybridized carbons (Fsp3) is 0.533. The second-order valence-corrected chi connectivity index (χ2v) is 5.16. The minimum atomic E-state index is -1.02. The van der Waals surface area contributed by atoms with Gasteiger partial charge in [-0.3, -0.25) is 4.79 Å². The first-order valence-electron chi connectivity index (χ1n) is 7.09. The van der Waals surface area contributed by atoms with E-state index in [1.165, 1.54) is 0 Å². The molecule has 1 atom stereocenters. The Labute approximate surface area is 125 Å². The fourth-order valence-electron chi connectivity index (χ4n) is 1.98. The van der Waals surface area contributed by atoms with Gasteiger partial charge in [-0.1, -0.05) is 6.92 Å². The highest BCUT2D eigenvalue weighted by molar-refractivity contribution is 5.94. The van der Waals surface area contributed by atoms with Gasteiger partial charge in [-0.15, -0.1) is 0 Å². The molecule has 0 bridgehead atoms. The molecule has 1 heterocycles. The number of amides is 1. The second kappa shape index (κ2) is 7.61. The largest absolute Gasteiger partial charge is 0.478 e. The van der Waals surface area contributed by atoms with Crippen molar-refractivity contribution in [3.63, 3.8) is 0 Å². The average Bonchev–Trinajstić information content (AvgIpc) is 2.37. The summed E-state index contributed by atoms with van der Waals surface area (Å²) in [6.45, 7) is 7.83. The van der Waals surface area contributed by atoms with Gasteiger partial charge < -0.3 is 15.7 Å². The number of aromatic nitrogens is 1. The van der Waals surface area contributed by atoms with Gasteiger partial charge in [0.1, 0.15) is 11.4 Å². The Morgan fingerprint density at radius 2 is 2.05 bits per heavy atom. The highest BCUT2D eigenvalue weighted by Crippen LogP contribution is 2.18. The van der Waals surface area contributed by atoms with E-state index in [1.54, 1.807) is 19.9 Å². The van der Waals surface area contributed by atoms with Gasteiger partial charge in [-0.25, -0.2) is 9.78 Å². The van der Waals surface area contributed by atoms with Crippen molar-refractivity contribution < 1.29 is 14.7 Å². The zero-order valence-corrected chi connectivity index (χ0v) is 13.0. The lowest BCUT2D eigenvalue weighted by molar-refractivity contribution is -0.121. The molecule has 6 heteroatoms. The predicted molar refractivity (Wildman–Crippen MR) is 81.7 cm³/mol. The average molecular weight is 293 g/mol. The number of carboxylic acid groups (broad SMARTS) is 1. The van der Waals surface area contributed by atoms with E-state index in [4.69, 9.17) is 0 Å². The van der Waals surface area contributed by atoms with E-state index in [0.29, 0.717) is 17.9 Å². The van der Waals surface area contributed by atoms with E-state index in [0.717, 1.165) is 12.1 Å². The number of carboxylic acids is 1. The van der Waals surface area contributed by atoms with Crippen LogP contribution >= 0.6 is 0 Å². The van der Waals surface area contributed by atoms with Crippen molar-refractivity contribution in [2.24, 2.45) is 0 Å². The molecule has 1 aromatic rings. The van der Waals surface area contributed by atoms with Crippen LogP contribution in [0.25, 0.3) is 0 Å². The molecule has 3 N–H and O–H groups in total. The lowest BCUT2D eigenvalue weighted by Crippen LogP contribution is -2.33. The summed E-state index contributed by atoms with van der Waals surface area (Å²) >= 11 is 0. The summed E-state index contributed by atoms with van der Waals surface area (Å²) in [5, 5.41) is 15.0. The van der Waals surface area contributed by atoms with Crippen LogP contribution in [0, 0.1) is 13.8 Å². The molecule has 21 heavy (non-hydrogen) atoms. The zero-order chi connectivity index (χ0) is 16.0. The molecular weight excluding hydrogens is 270 g/mol. The Hall–Kier alpha value is -2.11. The van der Waals surface area contributed by atoms with Gasteiger partial charge >= 0.3 is 5.97 Å². The summed E-state index contributed by atoms with van der Waals surface area (Å²) in [7, 11) is 0. The first kappa shape index (κ1) is 16.9. The van der Waals surface area contributed by atoms with Crippen molar-refractivity contribution in [1.29, 1.82) is 0 Å². The van der Waals surface area contributed by atoms with Gasteiger partial charge in [0.25, 0.3) is 0 Å². The Kier molecular flexibility index (Phi) is 6.14. The van der Waals surface area contributed by atoms with Crippen LogP contribution in [0.2, 0.25) is 0 Å². The molecule has 1 unspecified atom stereocenters. The van der Waals surface area contributed by atoms with E-state index >= 15 is 0 Å². The molecule has 0 aliphatic rings. The number of hydrogen-bond acceptors (Lipinski definition) is 4. The van der Waals surface area contributed by atoms with Crippen molar-refractivity contribution >= 4 is 17.7 Å². The molecule has 1 aromatic heterocycles. The van der Waals surface area contributed by atoms with Gasteiger partial charge in [-0.05, 0) is 38.8 Å². The highest BCUT2D eigenvalue weighted by atomic mass is 16.4. The predicted octanol–water partition coefficient (Wildman–Crippen LogP) is 2.11. The number of rotatable bonds is 7. The number of carbonyl (C=O) groups excluding carboxylic acids is 1. The number of carbonyl (C=O) groups is 2. The van der Waals surface area contributed by atoms with E-state index in [2.05, 4.69) is 15.6 Å². The van der Waals surface area contributed by atoms with E-state index in [-0.39, 0.29) is 23.9 Å². The molecule has 0 aromatic carbocycles. The van der Waals surface area contributed by atoms with Gasteiger partial charge in [0.15, 0.2) is 0 Å². The van der Waals surface area contributed by atoms with Gasteiger partial charge in [-0.2, -0.15) is 0 Å². The first-order chi connectivity index (χ1) is 9.85. The van der Waals surface area contributed by atoms with Crippen LogP contribution in [-0.2, 0) is 4.79 Å². The maximum absolute atomic E-state index is 11.7. The Morgan fingerprint density at radius 1 is 1.38 bits per heavy atom. The van der Waals surface area contributed by atoms with Gasteiger partial charge in [0.2, 0.25) is 5.91 Å². The van der Waals surface area contributed by atoms with Crippen LogP contribution in [0.3, 0.4) is 0 Å². The summed E-state index contributed by atoms with van der Waals surface area (Å²) in [5.41, 5.74) is 1.55. The lowest BCUT2D eigenvalue weighted by atomic mass is 10.1. The van der Waals surface area contributed by atoms with Crippen molar-refractivity contribution in [1.82, 2.24) is 10.3 Å². The molecule has 6 nitrogen and oxygen atoms in total. The quantitative estimate of drug-likeness (QED) is 0.716. The topological polar surface area (TPSA) is 91.3 Å². The van der Waals surface area contributed by atoms with Crippen LogP contribution < -0.4 is 10.6 Å². The third-order valence-corrected chi connectivity index (χ3v) is 3.22. The minimum absolute atomic E-state index is 0.0573. The zero-order valence-electron chi connectivity index (χ0n) is 13.0. The Morgan fingerprint density at radius 3 is 2.62 bits per heavy atom. The molecule has 0 saturated heterocycles. The third kappa shape index (κ3) is 5.06. The second-order valence-electron chi connectivity index (χ2n) is 5.16. The summed E-state index contributed by atoms with van der Waals surface area (Å²) in [5.74, 6) is -0.763. The molecule has 1 rings (SSSR count). The van der Waals surface area contributed by atoms with E-state index in [9.17, 15) is 14.7 Å². The number of nitrogens with one attached hydrogen (secondary N) is 2. The summed E-state index contributed by atoms with van der Waals surface area (Å²) in [6.07, 6.45) is 1.15. The number of aryl methyl sites for hydroxylation is 2. The molecule has 0 aliphatic carbocycles. The van der Waals surface area contributed by atoms with Crippen molar-refractivity contribution in [2.75, 3.05) is 11.9 Å². The van der Waals surface area contributed by atoms with Crippen molar-refractivity contribution in [3.05, 3.63) is 22.9 Å². The van der Waals surface area contributed by atoms with Crippen LogP contribution in [0.1, 0.15) is 48.3 Å². The first-order valence-corrected chi connectivity index (χ1v) is 7.09. The maximum atomic E-state index is 11.7. The smallest absolute Gasteiger partial charge is 0.339 e. The molecule has 1 amide bonds. The monoisotopic (exact) mass is 293 g/mol. The van der Waals surface area contributed by atoms with Crippen LogP contribution in [-0.4, -0.2) is 34.6 Å². The van der Waals surface area contributed by atoms with Crippen LogP contribution in [0.4, 0.5) is 5.82 Å². The number of aromatic carboxylic acids is 1. The van der Waals surface area contributed by atoms with Gasteiger partial charge in [0, 0.05) is 24.7 Å². The minimum Gasteiger partial charge on any atom is -0.478 e. The number of anilines is 1. The number of pyridine rings is 1. The molecule has 0 fully saturated rings. The summed E-state index contributed by atoms with van der Waals surface area (Å²) in [6, 6.07) is 1.87. The van der Waals surface area contributed by atoms with Crippen LogP contribution in [0.15, 0.2) is 6.07 Å². The standard InChI is InChI=1S/C15H23N3O3/c1-5-10(3)17-12(19)6-7-16-14-13(15(20)21)9(2)8-11(4)18-14/h8,10H,5-7H2,1-4H3,(H,16,18)(H,17,19)(H,20,21). The molecule has 0 aliphatic heterocycles. The van der Waals surface area contributed by atoms with E-state index < -0.39 is 5.97 Å². The highest BCUT2D eigenvalue weighted by Gasteiger charge is 2.15. The molecule has 116 valence electrons. The Bertz CT molecular complexity index is 529. The molecular formula is C15H23N3O3. The lowest BCUT2D eigenvalue weighted by Gasteiger charge is -2.13. The maximum Gasteiger partial charge on any atom is 0.339 e. The Balaban J connectivity index is 2.67. The van der Waals surface area contributed by atoms with E-state index in [1.807, 2.05) is 13.8 Å². The van der Waals surface area contributed by atoms with Gasteiger partial charge in [0.05, 0.1) is 0 Å². The molecule has 0 radical (unpaired) electrons. The fourth-order valence-corrected chi connectivity index (χ4v) is 1.98. The summed E-state index contributed by atoms with van der Waals surface area (Å²) < 4.78 is 0. The number of hydrogen-bond donors (Lipinski definition) is 3. The molecule has 0 saturated carbocycles. The summed E-state index contributed by atoms with van der Waals surface area (Å²) in [4.78, 5) is 27.1. The van der Waals surface area contributed by atoms with Crippen LogP contribution in [0.5, 0.6) is 0 Å². The van der Waals surface area contributed by atoms with Crippen molar-refractivity contribution in [2.45, 2.75) is 46.6 Å². The number of nitrogens with zero attached hydrogens (tertiary/aromatic N) is 1. The van der Waals surface area contributed by atoms with Crippen molar-refractivity contribution in [3.8, 4) is 0 Å². The molecule has 0 spiro atoms. The normalized spacial score (nSPS) is 11.8.